The van der Waals surface area contributed by atoms with Gasteiger partial charge in [0, 0.05) is 79.7 Å². The minimum Gasteiger partial charge on any atom is -0.394 e. The largest absolute Gasteiger partial charge is 0.394 e. The highest BCUT2D eigenvalue weighted by Gasteiger charge is 2.42. The molecule has 1 aromatic heterocycles. The van der Waals surface area contributed by atoms with Crippen molar-refractivity contribution in [2.75, 3.05) is 56.9 Å². The lowest BCUT2D eigenvalue weighted by Crippen LogP contribution is -2.60. The molecule has 4 aliphatic rings. The lowest BCUT2D eigenvalue weighted by atomic mass is 9.94. The van der Waals surface area contributed by atoms with Crippen LogP contribution in [-0.4, -0.2) is 218 Å². The number of aliphatic hydroxyl groups excluding tert-OH is 3. The van der Waals surface area contributed by atoms with Crippen LogP contribution in [0.3, 0.4) is 0 Å². The fourth-order valence-corrected chi connectivity index (χ4v) is 12.0. The molecule has 32 heteroatoms. The third-order valence-corrected chi connectivity index (χ3v) is 17.6. The third-order valence-electron chi connectivity index (χ3n) is 16.1. The predicted molar refractivity (Wildman–Crippen MR) is 327 cm³/mol. The molecule has 2 aromatic carbocycles. The number of nitrogens with zero attached hydrogens (tertiary/aromatic N) is 2. The number of fused-ring (bicyclic) bond motifs is 5. The summed E-state index contributed by atoms with van der Waals surface area (Å²) in [5.41, 5.74) is 1.87. The van der Waals surface area contributed by atoms with Gasteiger partial charge >= 0.3 is 0 Å². The molecule has 2 saturated heterocycles. The van der Waals surface area contributed by atoms with Gasteiger partial charge in [-0.1, -0.05) is 57.5 Å². The molecule has 0 aliphatic carbocycles. The Hall–Kier alpha value is -8.17. The van der Waals surface area contributed by atoms with Crippen molar-refractivity contribution in [3.05, 3.63) is 59.7 Å². The maximum atomic E-state index is 15.0. The average molecular weight is 1290 g/mol. The Morgan fingerprint density at radius 2 is 1.48 bits per heavy atom. The lowest BCUT2D eigenvalue weighted by Gasteiger charge is -2.33. The van der Waals surface area contributed by atoms with Crippen molar-refractivity contribution in [2.24, 2.45) is 11.8 Å². The highest BCUT2D eigenvalue weighted by molar-refractivity contribution is 7.99. The summed E-state index contributed by atoms with van der Waals surface area (Å²) in [5, 5.41) is 61.5. The van der Waals surface area contributed by atoms with Crippen LogP contribution in [0.15, 0.2) is 53.6 Å². The second kappa shape index (κ2) is 32.0. The van der Waals surface area contributed by atoms with Gasteiger partial charge in [0.05, 0.1) is 61.2 Å². The summed E-state index contributed by atoms with van der Waals surface area (Å²) < 4.78 is 0. The zero-order chi connectivity index (χ0) is 65.5. The number of likely N-dealkylation sites (tertiary alicyclic amines) is 1. The number of nitrogens with one attached hydrogen (secondary N) is 12. The van der Waals surface area contributed by atoms with Crippen LogP contribution in [-0.2, 0) is 75.3 Å². The van der Waals surface area contributed by atoms with E-state index in [0.29, 0.717) is 39.2 Å². The van der Waals surface area contributed by atoms with E-state index in [1.54, 1.807) is 50.2 Å². The van der Waals surface area contributed by atoms with Crippen LogP contribution in [0.1, 0.15) is 70.9 Å². The lowest BCUT2D eigenvalue weighted by molar-refractivity contribution is -0.140. The predicted octanol–water partition coefficient (Wildman–Crippen LogP) is -4.33. The molecule has 7 rings (SSSR count). The van der Waals surface area contributed by atoms with Crippen molar-refractivity contribution in [2.45, 2.75) is 138 Å². The molecule has 488 valence electrons. The Balaban J connectivity index is 1.11. The van der Waals surface area contributed by atoms with E-state index in [4.69, 9.17) is 0 Å². The standard InChI is InChI=1S/C58H78N14O16S2/c1-5-28(2)49-54(85)63-23-46(79)66-40-27-90-56-36(35-8-6-7-9-37(35)69-56)17-38(52(83)62-24-47(80)70-49)67-55(86)50(29(3)41(75)26-73)61-21-33-16-34(74)25-72(33)57(87)39(68-53(40)84)18-44(77)59-20-31-10-12-32(13-11-31)65-51(82)30(4)64-45(78)22-60-43(76)14-15-71-48(81)19-42(89)58(71)88/h6-13,28-30,33-34,38-42,49-50,61,69,73-75,89H,5,14-27H2,1-4H3,(H,59,77)(H,60,76)(H,62,83)(H,63,85)(H,64,78)(H,65,82)(H,66,79)(H,67,86)(H,68,84)(H,70,80). The number of rotatable bonds is 17. The second-order valence-corrected chi connectivity index (χ2v) is 24.4. The van der Waals surface area contributed by atoms with E-state index in [1.165, 1.54) is 30.9 Å². The average Bonchev–Trinajstić information content (AvgIpc) is 1.78. The maximum Gasteiger partial charge on any atom is 0.246 e. The van der Waals surface area contributed by atoms with Gasteiger partial charge in [-0.2, -0.15) is 12.6 Å². The fourth-order valence-electron chi connectivity index (χ4n) is 10.6. The molecule has 13 amide bonds. The quantitative estimate of drug-likeness (QED) is 0.0449. The molecule has 3 aromatic rings. The van der Waals surface area contributed by atoms with E-state index >= 15 is 0 Å². The first kappa shape index (κ1) is 69.3. The Morgan fingerprint density at radius 3 is 2.17 bits per heavy atom. The van der Waals surface area contributed by atoms with Crippen molar-refractivity contribution in [1.29, 1.82) is 0 Å². The maximum absolute atomic E-state index is 15.0. The van der Waals surface area contributed by atoms with E-state index in [2.05, 4.69) is 76.1 Å². The van der Waals surface area contributed by atoms with Gasteiger partial charge in [-0.05, 0) is 48.6 Å². The summed E-state index contributed by atoms with van der Waals surface area (Å²) >= 11 is 5.08. The Kier molecular flexibility index (Phi) is 24.7. The zero-order valence-electron chi connectivity index (χ0n) is 50.1. The van der Waals surface area contributed by atoms with Gasteiger partial charge in [-0.15, -0.1) is 11.8 Å². The number of hydrogen-bond acceptors (Lipinski definition) is 19. The number of thiol groups is 1. The Labute approximate surface area is 527 Å². The molecule has 15 N–H and O–H groups in total. The van der Waals surface area contributed by atoms with E-state index in [-0.39, 0.29) is 57.6 Å². The number of amides is 13. The van der Waals surface area contributed by atoms with Crippen molar-refractivity contribution >= 4 is 118 Å². The van der Waals surface area contributed by atoms with Crippen LogP contribution in [0, 0.1) is 11.8 Å². The fraction of sp³-hybridized carbons (Fsp3) is 0.534. The number of carbonyl (C=O) groups is 13. The summed E-state index contributed by atoms with van der Waals surface area (Å²) in [7, 11) is 0. The molecule has 2 fully saturated rings. The van der Waals surface area contributed by atoms with Gasteiger partial charge in [-0.25, -0.2) is 0 Å². The highest BCUT2D eigenvalue weighted by Crippen LogP contribution is 2.32. The number of aromatic amines is 1. The summed E-state index contributed by atoms with van der Waals surface area (Å²) in [4.78, 5) is 182. The number of imide groups is 1. The number of thioether (sulfide) groups is 1. The molecular formula is C58H78N14O16S2. The molecule has 12 atom stereocenters. The van der Waals surface area contributed by atoms with Crippen LogP contribution in [0.2, 0.25) is 0 Å². The second-order valence-electron chi connectivity index (χ2n) is 22.7. The van der Waals surface area contributed by atoms with E-state index in [1.807, 2.05) is 0 Å². The van der Waals surface area contributed by atoms with Gasteiger partial charge in [0.1, 0.15) is 30.2 Å². The number of H-pyrrole nitrogens is 1. The SMILES string of the molecule is CCC(C)C1NC(=O)CNC(=O)C2Cc3c([nH]c4ccccc34)SCC(NC(=O)CNC1=O)C(=O)NC(CC(=O)NCc1ccc(NC(=O)C(C)NC(=O)CNC(=O)CCN3C(=O)CC(S)C3=O)cc1)C(=O)N1CC(O)CC1CNC(C(C)C(O)CO)C(=O)N2. The van der Waals surface area contributed by atoms with Crippen LogP contribution in [0.4, 0.5) is 5.69 Å². The Bertz CT molecular complexity index is 3210. The molecule has 0 spiro atoms. The number of para-hydroxylation sites is 1. The first-order valence-corrected chi connectivity index (χ1v) is 31.1. The number of aromatic nitrogens is 1. The van der Waals surface area contributed by atoms with E-state index in [0.717, 1.165) is 16.7 Å². The molecule has 90 heavy (non-hydrogen) atoms. The van der Waals surface area contributed by atoms with Crippen molar-refractivity contribution < 1.29 is 77.6 Å². The topological polar surface area (TPSA) is 437 Å². The number of anilines is 1. The molecule has 30 nitrogen and oxygen atoms in total. The zero-order valence-corrected chi connectivity index (χ0v) is 51.8. The van der Waals surface area contributed by atoms with Gasteiger partial charge < -0.3 is 83.7 Å². The van der Waals surface area contributed by atoms with Gasteiger partial charge in [0.25, 0.3) is 0 Å². The van der Waals surface area contributed by atoms with Gasteiger partial charge in [0.2, 0.25) is 76.8 Å². The molecule has 4 aliphatic heterocycles. The molecule has 2 bridgehead atoms. The number of carbonyl (C=O) groups excluding carboxylic acids is 13. The van der Waals surface area contributed by atoms with Crippen molar-refractivity contribution in [3.63, 3.8) is 0 Å². The molecular weight excluding hydrogens is 1210 g/mol. The number of benzene rings is 2. The van der Waals surface area contributed by atoms with Crippen LogP contribution < -0.4 is 58.5 Å². The van der Waals surface area contributed by atoms with Crippen molar-refractivity contribution in [3.8, 4) is 0 Å². The first-order chi connectivity index (χ1) is 42.8. The minimum absolute atomic E-state index is 0.0655. The summed E-state index contributed by atoms with van der Waals surface area (Å²) in [6, 6.07) is 3.99. The molecule has 0 radical (unpaired) electrons. The third kappa shape index (κ3) is 18.5. The normalized spacial score (nSPS) is 24.8. The first-order valence-electron chi connectivity index (χ1n) is 29.6. The van der Waals surface area contributed by atoms with E-state index < -0.39 is 181 Å². The molecule has 5 heterocycles. The minimum atomic E-state index is -1.67. The molecule has 12 unspecified atom stereocenters. The summed E-state index contributed by atoms with van der Waals surface area (Å²) in [5.74, 6) is -11.2. The number of hydrogen-bond donors (Lipinski definition) is 16. The van der Waals surface area contributed by atoms with Crippen LogP contribution in [0.5, 0.6) is 0 Å². The Morgan fingerprint density at radius 1 is 0.778 bits per heavy atom. The van der Waals surface area contributed by atoms with Crippen molar-refractivity contribution in [1.82, 2.24) is 68.0 Å². The monoisotopic (exact) mass is 1290 g/mol. The smallest absolute Gasteiger partial charge is 0.246 e. The summed E-state index contributed by atoms with van der Waals surface area (Å²) in [6.45, 7) is 2.94. The highest BCUT2D eigenvalue weighted by atomic mass is 32.2. The van der Waals surface area contributed by atoms with Crippen LogP contribution >= 0.6 is 24.4 Å². The van der Waals surface area contributed by atoms with Crippen LogP contribution in [0.25, 0.3) is 10.9 Å². The van der Waals surface area contributed by atoms with E-state index in [9.17, 15) is 77.6 Å². The van der Waals surface area contributed by atoms with Gasteiger partial charge in [-0.3, -0.25) is 67.2 Å². The van der Waals surface area contributed by atoms with Gasteiger partial charge in [0.15, 0.2) is 0 Å². The summed E-state index contributed by atoms with van der Waals surface area (Å²) in [6.07, 6.45) is -3.53. The number of aliphatic hydroxyl groups is 3. The molecule has 0 saturated carbocycles.